The molecule has 2 aromatic rings. The smallest absolute Gasteiger partial charge is 0.230 e. The Morgan fingerprint density at radius 1 is 1.28 bits per heavy atom. The Hall–Kier alpha value is -2.06. The van der Waals surface area contributed by atoms with Gasteiger partial charge < -0.3 is 14.1 Å². The third-order valence-corrected chi connectivity index (χ3v) is 4.68. The molecule has 1 aliphatic carbocycles. The molecule has 8 heteroatoms. The van der Waals surface area contributed by atoms with E-state index in [2.05, 4.69) is 37.1 Å². The number of rotatable bonds is 7. The molecule has 1 saturated carbocycles. The highest BCUT2D eigenvalue weighted by Crippen LogP contribution is 2.39. The van der Waals surface area contributed by atoms with Crippen LogP contribution in [0.4, 0.5) is 5.82 Å². The van der Waals surface area contributed by atoms with Gasteiger partial charge in [-0.3, -0.25) is 4.90 Å². The molecular weight excluding hydrogens is 320 g/mol. The molecule has 1 aliphatic heterocycles. The topological polar surface area (TPSA) is 80.4 Å². The van der Waals surface area contributed by atoms with E-state index in [1.54, 1.807) is 6.20 Å². The monoisotopic (exact) mass is 344 g/mol. The molecule has 0 aromatic carbocycles. The second kappa shape index (κ2) is 7.45. The number of anilines is 1. The van der Waals surface area contributed by atoms with Crippen molar-refractivity contribution in [3.8, 4) is 0 Å². The quantitative estimate of drug-likeness (QED) is 0.747. The molecule has 0 spiro atoms. The van der Waals surface area contributed by atoms with Gasteiger partial charge in [0.2, 0.25) is 11.8 Å². The first-order chi connectivity index (χ1) is 12.3. The predicted molar refractivity (Wildman–Crippen MR) is 91.2 cm³/mol. The molecule has 2 aromatic heterocycles. The van der Waals surface area contributed by atoms with Gasteiger partial charge in [0, 0.05) is 38.3 Å². The molecule has 0 N–H and O–H groups in total. The van der Waals surface area contributed by atoms with E-state index in [0.717, 1.165) is 37.9 Å². The van der Waals surface area contributed by atoms with Crippen LogP contribution in [0.1, 0.15) is 37.5 Å². The number of likely N-dealkylation sites (N-methyl/N-ethyl adjacent to an activating group) is 1. The van der Waals surface area contributed by atoms with Gasteiger partial charge in [0.1, 0.15) is 0 Å². The zero-order valence-electron chi connectivity index (χ0n) is 14.5. The Kier molecular flexibility index (Phi) is 4.89. The van der Waals surface area contributed by atoms with E-state index < -0.39 is 0 Å². The van der Waals surface area contributed by atoms with Crippen molar-refractivity contribution in [1.29, 1.82) is 0 Å². The van der Waals surface area contributed by atoms with E-state index in [-0.39, 0.29) is 6.10 Å². The highest BCUT2D eigenvalue weighted by atomic mass is 16.5. The van der Waals surface area contributed by atoms with Gasteiger partial charge in [-0.25, -0.2) is 0 Å². The first kappa shape index (κ1) is 16.4. The number of nitrogens with zero attached hydrogens (tertiary/aromatic N) is 6. The summed E-state index contributed by atoms with van der Waals surface area (Å²) >= 11 is 0. The number of aromatic nitrogens is 4. The lowest BCUT2D eigenvalue weighted by Gasteiger charge is -2.35. The molecule has 0 amide bonds. The number of morpholine rings is 1. The molecule has 2 aliphatic rings. The fraction of sp³-hybridized carbons (Fsp3) is 0.647. The van der Waals surface area contributed by atoms with Crippen molar-refractivity contribution in [1.82, 2.24) is 25.3 Å². The zero-order valence-corrected chi connectivity index (χ0v) is 14.5. The molecule has 1 saturated heterocycles. The van der Waals surface area contributed by atoms with E-state index in [4.69, 9.17) is 9.15 Å². The van der Waals surface area contributed by atoms with Crippen LogP contribution in [-0.2, 0) is 11.3 Å². The van der Waals surface area contributed by atoms with Crippen LogP contribution in [0, 0.1) is 0 Å². The van der Waals surface area contributed by atoms with Crippen molar-refractivity contribution < 1.29 is 9.15 Å². The molecular formula is C17H24N6O2. The lowest BCUT2D eigenvalue weighted by molar-refractivity contribution is -0.0292. The molecule has 3 heterocycles. The summed E-state index contributed by atoms with van der Waals surface area (Å²) in [6.07, 6.45) is 4.17. The van der Waals surface area contributed by atoms with Crippen molar-refractivity contribution in [3.05, 3.63) is 30.1 Å². The highest BCUT2D eigenvalue weighted by Gasteiger charge is 2.30. The Morgan fingerprint density at radius 2 is 2.20 bits per heavy atom. The van der Waals surface area contributed by atoms with Gasteiger partial charge in [-0.05, 0) is 31.9 Å². The summed E-state index contributed by atoms with van der Waals surface area (Å²) in [4.78, 5) is 4.52. The van der Waals surface area contributed by atoms with E-state index in [9.17, 15) is 0 Å². The summed E-state index contributed by atoms with van der Waals surface area (Å²) in [6.45, 7) is 6.92. The van der Waals surface area contributed by atoms with Crippen molar-refractivity contribution in [2.75, 3.05) is 37.7 Å². The van der Waals surface area contributed by atoms with E-state index in [1.807, 2.05) is 12.1 Å². The average Bonchev–Trinajstić information content (AvgIpc) is 3.40. The van der Waals surface area contributed by atoms with Crippen molar-refractivity contribution in [2.24, 2.45) is 0 Å². The average molecular weight is 344 g/mol. The lowest BCUT2D eigenvalue weighted by atomic mass is 10.2. The lowest BCUT2D eigenvalue weighted by Crippen LogP contribution is -2.47. The van der Waals surface area contributed by atoms with Gasteiger partial charge in [0.25, 0.3) is 0 Å². The normalized spacial score (nSPS) is 21.4. The SMILES string of the molecule is CCN(C[C@@H]1CN(Cc2nnc(C3CC3)o2)CCO1)c1cccnn1. The first-order valence-electron chi connectivity index (χ1n) is 9.00. The summed E-state index contributed by atoms with van der Waals surface area (Å²) in [7, 11) is 0. The molecule has 2 fully saturated rings. The van der Waals surface area contributed by atoms with Crippen LogP contribution in [0.3, 0.4) is 0 Å². The second-order valence-electron chi connectivity index (χ2n) is 6.66. The maximum absolute atomic E-state index is 5.95. The second-order valence-corrected chi connectivity index (χ2v) is 6.66. The van der Waals surface area contributed by atoms with Crippen LogP contribution in [0.2, 0.25) is 0 Å². The van der Waals surface area contributed by atoms with Gasteiger partial charge in [-0.15, -0.1) is 15.3 Å². The van der Waals surface area contributed by atoms with Crippen molar-refractivity contribution >= 4 is 5.82 Å². The van der Waals surface area contributed by atoms with E-state index >= 15 is 0 Å². The van der Waals surface area contributed by atoms with Crippen LogP contribution in [0.25, 0.3) is 0 Å². The first-order valence-corrected chi connectivity index (χ1v) is 9.00. The Morgan fingerprint density at radius 3 is 2.96 bits per heavy atom. The summed E-state index contributed by atoms with van der Waals surface area (Å²) in [5.41, 5.74) is 0. The molecule has 0 bridgehead atoms. The maximum atomic E-state index is 5.95. The summed E-state index contributed by atoms with van der Waals surface area (Å²) in [5, 5.41) is 16.5. The minimum absolute atomic E-state index is 0.126. The Balaban J connectivity index is 1.33. The van der Waals surface area contributed by atoms with Crippen LogP contribution in [0.15, 0.2) is 22.7 Å². The van der Waals surface area contributed by atoms with Crippen LogP contribution < -0.4 is 4.90 Å². The number of hydrogen-bond donors (Lipinski definition) is 0. The molecule has 25 heavy (non-hydrogen) atoms. The summed E-state index contributed by atoms with van der Waals surface area (Å²) in [6, 6.07) is 3.89. The Labute approximate surface area is 147 Å². The maximum Gasteiger partial charge on any atom is 0.230 e. The van der Waals surface area contributed by atoms with Crippen LogP contribution in [-0.4, -0.2) is 64.2 Å². The van der Waals surface area contributed by atoms with Gasteiger partial charge in [0.05, 0.1) is 19.3 Å². The third-order valence-electron chi connectivity index (χ3n) is 4.68. The minimum atomic E-state index is 0.126. The molecule has 8 nitrogen and oxygen atoms in total. The Bertz CT molecular complexity index is 675. The standard InChI is InChI=1S/C17H24N6O2/c1-2-23(15-4-3-7-18-19-15)11-14-10-22(8-9-24-14)12-16-20-21-17(25-16)13-5-6-13/h3-4,7,13-14H,2,5-6,8-12H2,1H3/t14-/m0/s1. The van der Waals surface area contributed by atoms with Gasteiger partial charge in [-0.1, -0.05) is 0 Å². The molecule has 0 radical (unpaired) electrons. The van der Waals surface area contributed by atoms with E-state index in [1.165, 1.54) is 12.8 Å². The fourth-order valence-electron chi connectivity index (χ4n) is 3.14. The zero-order chi connectivity index (χ0) is 17.1. The summed E-state index contributed by atoms with van der Waals surface area (Å²) < 4.78 is 11.7. The van der Waals surface area contributed by atoms with Crippen molar-refractivity contribution in [3.63, 3.8) is 0 Å². The largest absolute Gasteiger partial charge is 0.424 e. The minimum Gasteiger partial charge on any atom is -0.424 e. The number of hydrogen-bond acceptors (Lipinski definition) is 8. The van der Waals surface area contributed by atoms with Gasteiger partial charge >= 0.3 is 0 Å². The molecule has 0 unspecified atom stereocenters. The van der Waals surface area contributed by atoms with Crippen LogP contribution in [0.5, 0.6) is 0 Å². The third kappa shape index (κ3) is 4.13. The number of ether oxygens (including phenoxy) is 1. The summed E-state index contributed by atoms with van der Waals surface area (Å²) in [5.74, 6) is 2.91. The molecule has 1 atom stereocenters. The van der Waals surface area contributed by atoms with Gasteiger partial charge in [-0.2, -0.15) is 5.10 Å². The highest BCUT2D eigenvalue weighted by molar-refractivity contribution is 5.36. The molecule has 4 rings (SSSR count). The predicted octanol–water partition coefficient (Wildman–Crippen LogP) is 1.46. The van der Waals surface area contributed by atoms with Crippen LogP contribution >= 0.6 is 0 Å². The molecule has 134 valence electrons. The fourth-order valence-corrected chi connectivity index (χ4v) is 3.14. The van der Waals surface area contributed by atoms with Crippen molar-refractivity contribution in [2.45, 2.75) is 38.3 Å². The van der Waals surface area contributed by atoms with Gasteiger partial charge in [0.15, 0.2) is 5.82 Å². The van der Waals surface area contributed by atoms with E-state index in [0.29, 0.717) is 25.0 Å².